The molecule has 0 bridgehead atoms. The smallest absolute Gasteiger partial charge is 0.152 e. The average molecular weight is 497 g/mol. The number of hydrogen-bond donors (Lipinski definition) is 0. The van der Waals surface area contributed by atoms with E-state index in [0.717, 1.165) is 11.2 Å². The monoisotopic (exact) mass is 496 g/mol. The first-order chi connectivity index (χ1) is 12.4. The van der Waals surface area contributed by atoms with Gasteiger partial charge in [0, 0.05) is 23.0 Å². The van der Waals surface area contributed by atoms with E-state index in [1.807, 2.05) is 23.5 Å². The molecular formula is C21H52O4S4. The van der Waals surface area contributed by atoms with Crippen molar-refractivity contribution in [3.8, 4) is 0 Å². The topological polar surface area (TPSA) is 68.3 Å². The average Bonchev–Trinajstić information content (AvgIpc) is 2.45. The van der Waals surface area contributed by atoms with E-state index in [1.165, 1.54) is 12.5 Å². The van der Waals surface area contributed by atoms with E-state index in [2.05, 4.69) is 67.9 Å². The lowest BCUT2D eigenvalue weighted by atomic mass is 10.3. The van der Waals surface area contributed by atoms with E-state index in [9.17, 15) is 16.8 Å². The van der Waals surface area contributed by atoms with E-state index < -0.39 is 24.4 Å². The minimum absolute atomic E-state index is 0.243. The zero-order valence-electron chi connectivity index (χ0n) is 22.1. The van der Waals surface area contributed by atoms with Crippen molar-refractivity contribution < 1.29 is 16.8 Å². The number of thioether (sulfide) groups is 2. The molecule has 0 amide bonds. The van der Waals surface area contributed by atoms with Gasteiger partial charge in [-0.05, 0) is 44.5 Å². The molecule has 8 heteroatoms. The molecule has 0 aliphatic carbocycles. The largest absolute Gasteiger partial charge is 0.229 e. The van der Waals surface area contributed by atoms with Crippen LogP contribution in [0.3, 0.4) is 0 Å². The van der Waals surface area contributed by atoms with Gasteiger partial charge >= 0.3 is 0 Å². The Morgan fingerprint density at radius 3 is 0.897 bits per heavy atom. The molecule has 0 heterocycles. The van der Waals surface area contributed by atoms with Crippen LogP contribution in [0, 0.1) is 5.92 Å². The Kier molecular flexibility index (Phi) is 26.6. The van der Waals surface area contributed by atoms with E-state index in [-0.39, 0.29) is 5.75 Å². The minimum atomic E-state index is -2.84. The van der Waals surface area contributed by atoms with Crippen LogP contribution < -0.4 is 0 Å². The molecule has 0 aromatic carbocycles. The van der Waals surface area contributed by atoms with Crippen molar-refractivity contribution >= 4 is 43.2 Å². The first-order valence-corrected chi connectivity index (χ1v) is 16.3. The lowest BCUT2D eigenvalue weighted by Crippen LogP contribution is -2.26. The van der Waals surface area contributed by atoms with Crippen molar-refractivity contribution in [2.75, 3.05) is 30.8 Å². The van der Waals surface area contributed by atoms with Crippen LogP contribution in [0.15, 0.2) is 0 Å². The first kappa shape index (κ1) is 40.0. The molecule has 0 aromatic heterocycles. The highest BCUT2D eigenvalue weighted by atomic mass is 32.2. The van der Waals surface area contributed by atoms with E-state index >= 15 is 0 Å². The van der Waals surface area contributed by atoms with Crippen LogP contribution in [-0.2, 0) is 19.7 Å². The summed E-state index contributed by atoms with van der Waals surface area (Å²) in [6.07, 6.45) is 6.70. The molecule has 0 rings (SSSR count). The van der Waals surface area contributed by atoms with Crippen molar-refractivity contribution in [1.82, 2.24) is 0 Å². The van der Waals surface area contributed by atoms with Crippen LogP contribution >= 0.6 is 23.5 Å². The second-order valence-electron chi connectivity index (χ2n) is 9.43. The first-order valence-electron chi connectivity index (χ1n) is 9.83. The summed E-state index contributed by atoms with van der Waals surface area (Å²) in [5.41, 5.74) is 0. The van der Waals surface area contributed by atoms with Gasteiger partial charge in [0.1, 0.15) is 9.84 Å². The molecule has 0 saturated heterocycles. The van der Waals surface area contributed by atoms with Gasteiger partial charge < -0.3 is 0 Å². The standard InChI is InChI=1S/C5H12O2S.C5H12S.C4H10S.C4H10.C3H8O2S/c1-5(2,3)8(4,6)7;1-5(2,3)6-4;1-4(2)5-3;1-4(2)3;1-3-6(2,4)5/h1-4H3;1-4H3;4H,1-3H3;4H,1-3H3;3H2,1-2H3. The summed E-state index contributed by atoms with van der Waals surface area (Å²) in [4.78, 5) is 0. The van der Waals surface area contributed by atoms with Crippen molar-refractivity contribution in [2.24, 2.45) is 5.92 Å². The summed E-state index contributed by atoms with van der Waals surface area (Å²) in [5.74, 6) is 1.08. The molecule has 0 radical (unpaired) electrons. The van der Waals surface area contributed by atoms with E-state index in [4.69, 9.17) is 0 Å². The van der Waals surface area contributed by atoms with Gasteiger partial charge in [-0.25, -0.2) is 16.8 Å². The molecule has 0 aliphatic heterocycles. The van der Waals surface area contributed by atoms with Crippen LogP contribution in [0.5, 0.6) is 0 Å². The normalized spacial score (nSPS) is 11.7. The summed E-state index contributed by atoms with van der Waals surface area (Å²) >= 11 is 3.76. The van der Waals surface area contributed by atoms with Crippen molar-refractivity contribution in [3.05, 3.63) is 0 Å². The third kappa shape index (κ3) is 65.3. The Morgan fingerprint density at radius 2 is 0.897 bits per heavy atom. The zero-order valence-corrected chi connectivity index (χ0v) is 25.4. The predicted octanol–water partition coefficient (Wildman–Crippen LogP) is 6.45. The molecule has 0 saturated carbocycles. The predicted molar refractivity (Wildman–Crippen MR) is 142 cm³/mol. The number of rotatable bonds is 2. The molecule has 0 unspecified atom stereocenters. The fourth-order valence-corrected chi connectivity index (χ4v) is 0. The highest BCUT2D eigenvalue weighted by Crippen LogP contribution is 2.18. The molecular weight excluding hydrogens is 444 g/mol. The highest BCUT2D eigenvalue weighted by Gasteiger charge is 2.22. The third-order valence-corrected chi connectivity index (χ3v) is 8.16. The minimum Gasteiger partial charge on any atom is -0.229 e. The lowest BCUT2D eigenvalue weighted by Gasteiger charge is -2.14. The van der Waals surface area contributed by atoms with Gasteiger partial charge in [-0.1, -0.05) is 62.3 Å². The van der Waals surface area contributed by atoms with Crippen molar-refractivity contribution in [1.29, 1.82) is 0 Å². The van der Waals surface area contributed by atoms with Gasteiger partial charge in [-0.2, -0.15) is 23.5 Å². The van der Waals surface area contributed by atoms with Crippen LogP contribution in [0.2, 0.25) is 0 Å². The molecule has 184 valence electrons. The van der Waals surface area contributed by atoms with E-state index in [0.29, 0.717) is 4.75 Å². The second-order valence-corrected chi connectivity index (χ2v) is 17.7. The van der Waals surface area contributed by atoms with Gasteiger partial charge in [0.05, 0.1) is 4.75 Å². The Morgan fingerprint density at radius 1 is 0.759 bits per heavy atom. The molecule has 0 atom stereocenters. The lowest BCUT2D eigenvalue weighted by molar-refractivity contribution is 0.566. The van der Waals surface area contributed by atoms with Gasteiger partial charge in [-0.3, -0.25) is 0 Å². The Balaban J connectivity index is -0.0000000844. The maximum absolute atomic E-state index is 10.7. The molecule has 29 heavy (non-hydrogen) atoms. The van der Waals surface area contributed by atoms with Crippen molar-refractivity contribution in [3.63, 3.8) is 0 Å². The molecule has 4 nitrogen and oxygen atoms in total. The fraction of sp³-hybridized carbons (Fsp3) is 1.00. The second kappa shape index (κ2) is 19.3. The number of hydrogen-bond acceptors (Lipinski definition) is 6. The number of sulfone groups is 2. The SMILES string of the molecule is CC(C)(C)S(C)(=O)=O.CC(C)C.CCS(C)(=O)=O.CSC(C)(C)C.CSC(C)C. The van der Waals surface area contributed by atoms with Gasteiger partial charge in [0.25, 0.3) is 0 Å². The van der Waals surface area contributed by atoms with Crippen molar-refractivity contribution in [2.45, 2.75) is 97.8 Å². The molecule has 0 spiro atoms. The molecule has 0 aliphatic rings. The molecule has 0 aromatic rings. The van der Waals surface area contributed by atoms with Crippen LogP contribution in [0.4, 0.5) is 0 Å². The van der Waals surface area contributed by atoms with Crippen LogP contribution in [-0.4, -0.2) is 62.4 Å². The quantitative estimate of drug-likeness (QED) is 0.437. The summed E-state index contributed by atoms with van der Waals surface area (Å²) < 4.78 is 41.2. The van der Waals surface area contributed by atoms with Crippen LogP contribution in [0.1, 0.15) is 83.1 Å². The third-order valence-electron chi connectivity index (χ3n) is 2.72. The fourth-order valence-electron chi connectivity index (χ4n) is 0. The van der Waals surface area contributed by atoms with Gasteiger partial charge in [0.2, 0.25) is 0 Å². The van der Waals surface area contributed by atoms with Gasteiger partial charge in [0.15, 0.2) is 9.84 Å². The summed E-state index contributed by atoms with van der Waals surface area (Å²) in [5, 5.41) is 0.801. The Hall–Kier alpha value is 0.600. The Labute approximate surface area is 194 Å². The summed E-state index contributed by atoms with van der Waals surface area (Å²) in [6, 6.07) is 0. The zero-order chi connectivity index (χ0) is 25.3. The maximum atomic E-state index is 10.7. The maximum Gasteiger partial charge on any atom is 0.152 e. The van der Waals surface area contributed by atoms with E-state index in [1.54, 1.807) is 27.7 Å². The summed E-state index contributed by atoms with van der Waals surface area (Å²) in [6.45, 7) is 24.2. The molecule has 0 N–H and O–H groups in total. The molecule has 0 fully saturated rings. The van der Waals surface area contributed by atoms with Crippen LogP contribution in [0.25, 0.3) is 0 Å². The van der Waals surface area contributed by atoms with Gasteiger partial charge in [-0.15, -0.1) is 0 Å². The Bertz CT molecular complexity index is 533. The highest BCUT2D eigenvalue weighted by molar-refractivity contribution is 7.99. The summed E-state index contributed by atoms with van der Waals surface area (Å²) in [7, 11) is -5.50.